The number of benzene rings is 3. The molecule has 4 rings (SSSR count). The van der Waals surface area contributed by atoms with Crippen LogP contribution in [0.4, 0.5) is 5.69 Å². The van der Waals surface area contributed by atoms with Gasteiger partial charge < -0.3 is 9.84 Å². The first-order valence-electron chi connectivity index (χ1n) is 10.8. The number of aromatic nitrogens is 1. The molecule has 0 saturated carbocycles. The van der Waals surface area contributed by atoms with Gasteiger partial charge in [-0.2, -0.15) is 5.10 Å². The van der Waals surface area contributed by atoms with Gasteiger partial charge in [0.25, 0.3) is 11.6 Å². The van der Waals surface area contributed by atoms with E-state index in [9.17, 15) is 20.0 Å². The van der Waals surface area contributed by atoms with Crippen LogP contribution in [-0.2, 0) is 0 Å². The van der Waals surface area contributed by atoms with Crippen LogP contribution < -0.4 is 10.2 Å². The number of aromatic hydroxyl groups is 1. The molecule has 0 atom stereocenters. The minimum atomic E-state index is -0.582. The number of ether oxygens (including phenoxy) is 1. The van der Waals surface area contributed by atoms with E-state index >= 15 is 0 Å². The van der Waals surface area contributed by atoms with Gasteiger partial charge in [-0.25, -0.2) is 10.4 Å². The van der Waals surface area contributed by atoms with Gasteiger partial charge in [-0.15, -0.1) is 0 Å². The van der Waals surface area contributed by atoms with Crippen molar-refractivity contribution in [2.75, 3.05) is 0 Å². The number of nitro groups is 1. The third-order valence-electron chi connectivity index (χ3n) is 5.07. The number of nitrogens with zero attached hydrogens (tertiary/aromatic N) is 3. The lowest BCUT2D eigenvalue weighted by Gasteiger charge is -2.11. The second-order valence-electron chi connectivity index (χ2n) is 7.96. The average molecular weight is 470 g/mol. The molecule has 0 spiro atoms. The SMILES string of the molecule is CC(C)Oc1ccc(-c2cc(C(=O)NN=Cc3cc([N+](=O)[O-])ccc3O)c3ccccc3n2)cc1. The first kappa shape index (κ1) is 23.4. The molecule has 1 aromatic heterocycles. The number of fused-ring (bicyclic) bond motifs is 1. The zero-order valence-corrected chi connectivity index (χ0v) is 19.0. The number of hydrogen-bond donors (Lipinski definition) is 2. The maximum absolute atomic E-state index is 13.0. The molecule has 0 aliphatic carbocycles. The topological polar surface area (TPSA) is 127 Å². The molecule has 176 valence electrons. The number of pyridine rings is 1. The maximum Gasteiger partial charge on any atom is 0.272 e. The molecule has 0 fully saturated rings. The van der Waals surface area contributed by atoms with Gasteiger partial charge in [-0.05, 0) is 56.3 Å². The van der Waals surface area contributed by atoms with Gasteiger partial charge in [0, 0.05) is 28.6 Å². The Labute approximate surface area is 200 Å². The van der Waals surface area contributed by atoms with E-state index in [1.165, 1.54) is 12.1 Å². The molecule has 0 unspecified atom stereocenters. The number of non-ortho nitro benzene ring substituents is 1. The molecule has 0 bridgehead atoms. The van der Waals surface area contributed by atoms with Crippen molar-refractivity contribution >= 4 is 28.7 Å². The van der Waals surface area contributed by atoms with Gasteiger partial charge in [-0.3, -0.25) is 14.9 Å². The number of carbonyl (C=O) groups is 1. The highest BCUT2D eigenvalue weighted by molar-refractivity contribution is 6.07. The average Bonchev–Trinajstić information content (AvgIpc) is 2.84. The first-order chi connectivity index (χ1) is 16.8. The van der Waals surface area contributed by atoms with Crippen LogP contribution >= 0.6 is 0 Å². The monoisotopic (exact) mass is 470 g/mol. The Kier molecular flexibility index (Phi) is 6.68. The number of hydrazone groups is 1. The lowest BCUT2D eigenvalue weighted by Crippen LogP contribution is -2.18. The van der Waals surface area contributed by atoms with E-state index in [0.29, 0.717) is 22.2 Å². The van der Waals surface area contributed by atoms with Crippen LogP contribution in [0.5, 0.6) is 11.5 Å². The lowest BCUT2D eigenvalue weighted by molar-refractivity contribution is -0.384. The van der Waals surface area contributed by atoms with Crippen molar-refractivity contribution in [3.05, 3.63) is 94.0 Å². The molecule has 2 N–H and O–H groups in total. The molecular weight excluding hydrogens is 448 g/mol. The molecule has 1 amide bonds. The summed E-state index contributed by atoms with van der Waals surface area (Å²) in [5, 5.41) is 25.4. The van der Waals surface area contributed by atoms with Gasteiger partial charge >= 0.3 is 0 Å². The van der Waals surface area contributed by atoms with Crippen LogP contribution in [0.15, 0.2) is 77.9 Å². The number of nitrogens with one attached hydrogen (secondary N) is 1. The third kappa shape index (κ3) is 5.41. The van der Waals surface area contributed by atoms with Gasteiger partial charge in [0.05, 0.1) is 34.0 Å². The van der Waals surface area contributed by atoms with Crippen molar-refractivity contribution < 1.29 is 19.6 Å². The van der Waals surface area contributed by atoms with E-state index in [1.807, 2.05) is 56.3 Å². The third-order valence-corrected chi connectivity index (χ3v) is 5.07. The maximum atomic E-state index is 13.0. The molecule has 35 heavy (non-hydrogen) atoms. The molecule has 3 aromatic carbocycles. The summed E-state index contributed by atoms with van der Waals surface area (Å²) < 4.78 is 5.69. The Balaban J connectivity index is 1.63. The Morgan fingerprint density at radius 3 is 2.57 bits per heavy atom. The fraction of sp³-hybridized carbons (Fsp3) is 0.115. The summed E-state index contributed by atoms with van der Waals surface area (Å²) >= 11 is 0. The van der Waals surface area contributed by atoms with Crippen molar-refractivity contribution in [2.45, 2.75) is 20.0 Å². The van der Waals surface area contributed by atoms with Gasteiger partial charge in [-0.1, -0.05) is 18.2 Å². The van der Waals surface area contributed by atoms with Crippen LogP contribution in [0.3, 0.4) is 0 Å². The molecule has 1 heterocycles. The predicted molar refractivity (Wildman–Crippen MR) is 133 cm³/mol. The zero-order chi connectivity index (χ0) is 24.9. The van der Waals surface area contributed by atoms with Gasteiger partial charge in [0.2, 0.25) is 0 Å². The Morgan fingerprint density at radius 1 is 1.11 bits per heavy atom. The number of phenolic OH excluding ortho intramolecular Hbond substituents is 1. The quantitative estimate of drug-likeness (QED) is 0.221. The minimum absolute atomic E-state index is 0.0550. The number of phenols is 1. The fourth-order valence-corrected chi connectivity index (χ4v) is 3.47. The number of rotatable bonds is 7. The molecule has 0 aliphatic rings. The smallest absolute Gasteiger partial charge is 0.272 e. The Bertz CT molecular complexity index is 1430. The van der Waals surface area contributed by atoms with Crippen molar-refractivity contribution in [3.63, 3.8) is 0 Å². The highest BCUT2D eigenvalue weighted by atomic mass is 16.6. The summed E-state index contributed by atoms with van der Waals surface area (Å²) in [5.41, 5.74) is 4.73. The standard InChI is InChI=1S/C26H22N4O5/c1-16(2)35-20-10-7-17(8-11-20)24-14-22(21-5-3-4-6-23(21)28-24)26(32)29-27-15-18-13-19(30(33)34)9-12-25(18)31/h3-16,31H,1-2H3,(H,29,32). The summed E-state index contributed by atoms with van der Waals surface area (Å²) in [6.07, 6.45) is 1.21. The van der Waals surface area contributed by atoms with Crippen LogP contribution in [0.2, 0.25) is 0 Å². The lowest BCUT2D eigenvalue weighted by atomic mass is 10.0. The van der Waals surface area contributed by atoms with E-state index in [2.05, 4.69) is 15.5 Å². The highest BCUT2D eigenvalue weighted by Crippen LogP contribution is 2.27. The van der Waals surface area contributed by atoms with Crippen molar-refractivity contribution in [1.82, 2.24) is 10.4 Å². The summed E-state index contributed by atoms with van der Waals surface area (Å²) in [6, 6.07) is 19.9. The number of carbonyl (C=O) groups excluding carboxylic acids is 1. The van der Waals surface area contributed by atoms with E-state index < -0.39 is 10.8 Å². The van der Waals surface area contributed by atoms with Crippen LogP contribution in [-0.4, -0.2) is 33.2 Å². The molecule has 0 saturated heterocycles. The normalized spacial score (nSPS) is 11.2. The number of para-hydroxylation sites is 1. The molecule has 0 aliphatic heterocycles. The van der Waals surface area contributed by atoms with E-state index in [0.717, 1.165) is 23.6 Å². The molecule has 9 nitrogen and oxygen atoms in total. The van der Waals surface area contributed by atoms with Crippen LogP contribution in [0.25, 0.3) is 22.2 Å². The van der Waals surface area contributed by atoms with E-state index in [-0.39, 0.29) is 23.1 Å². The largest absolute Gasteiger partial charge is 0.507 e. The predicted octanol–water partition coefficient (Wildman–Crippen LogP) is 5.07. The first-order valence-corrected chi connectivity index (χ1v) is 10.8. The second kappa shape index (κ2) is 10.0. The number of hydrogen-bond acceptors (Lipinski definition) is 7. The zero-order valence-electron chi connectivity index (χ0n) is 19.0. The molecule has 0 radical (unpaired) electrons. The van der Waals surface area contributed by atoms with E-state index in [4.69, 9.17) is 4.74 Å². The number of amides is 1. The van der Waals surface area contributed by atoms with Crippen LogP contribution in [0, 0.1) is 10.1 Å². The molecular formula is C26H22N4O5. The van der Waals surface area contributed by atoms with Crippen LogP contribution in [0.1, 0.15) is 29.8 Å². The number of nitro benzene ring substituents is 1. The van der Waals surface area contributed by atoms with Gasteiger partial charge in [0.15, 0.2) is 0 Å². The highest BCUT2D eigenvalue weighted by Gasteiger charge is 2.14. The molecule has 9 heteroatoms. The summed E-state index contributed by atoms with van der Waals surface area (Å²) in [4.78, 5) is 28.1. The summed E-state index contributed by atoms with van der Waals surface area (Å²) in [5.74, 6) is 0.0437. The second-order valence-corrected chi connectivity index (χ2v) is 7.96. The van der Waals surface area contributed by atoms with Crippen molar-refractivity contribution in [3.8, 4) is 22.8 Å². The van der Waals surface area contributed by atoms with Crippen molar-refractivity contribution in [2.24, 2.45) is 5.10 Å². The molecule has 4 aromatic rings. The van der Waals surface area contributed by atoms with Gasteiger partial charge in [0.1, 0.15) is 11.5 Å². The Morgan fingerprint density at radius 2 is 1.86 bits per heavy atom. The summed E-state index contributed by atoms with van der Waals surface area (Å²) in [6.45, 7) is 3.90. The minimum Gasteiger partial charge on any atom is -0.507 e. The van der Waals surface area contributed by atoms with Crippen molar-refractivity contribution in [1.29, 1.82) is 0 Å². The summed E-state index contributed by atoms with van der Waals surface area (Å²) in [7, 11) is 0. The van der Waals surface area contributed by atoms with E-state index in [1.54, 1.807) is 12.1 Å². The Hall–Kier alpha value is -4.79. The fourth-order valence-electron chi connectivity index (χ4n) is 3.47.